The highest BCUT2D eigenvalue weighted by atomic mass is 16.2. The number of nitrogens with one attached hydrogen (secondary N) is 4. The Kier molecular flexibility index (Phi) is 7.36. The summed E-state index contributed by atoms with van der Waals surface area (Å²) in [6.45, 7) is 7.55. The molecule has 0 aliphatic heterocycles. The Morgan fingerprint density at radius 2 is 1.41 bits per heavy atom. The minimum atomic E-state index is -0.342. The maximum Gasteiger partial charge on any atom is 0.251 e. The molecule has 0 aliphatic rings. The number of hydrogen-bond donors (Lipinski definition) is 4. The molecule has 0 radical (unpaired) electrons. The van der Waals surface area contributed by atoms with E-state index in [1.54, 1.807) is 49.4 Å². The highest BCUT2D eigenvalue weighted by molar-refractivity contribution is 5.98. The van der Waals surface area contributed by atoms with Crippen LogP contribution in [0.25, 0.3) is 0 Å². The maximum atomic E-state index is 12.3. The van der Waals surface area contributed by atoms with Crippen molar-refractivity contribution in [3.05, 3.63) is 54.1 Å². The van der Waals surface area contributed by atoms with E-state index < -0.39 is 0 Å². The Balaban J connectivity index is 1.93. The Morgan fingerprint density at radius 1 is 0.828 bits per heavy atom. The summed E-state index contributed by atoms with van der Waals surface area (Å²) in [7, 11) is 0. The summed E-state index contributed by atoms with van der Waals surface area (Å²) in [5, 5.41) is 11.5. The third-order valence-corrected chi connectivity index (χ3v) is 3.82. The van der Waals surface area contributed by atoms with Crippen molar-refractivity contribution in [3.8, 4) is 0 Å². The number of hydrogen-bond acceptors (Lipinski definition) is 4. The molecule has 2 aromatic carbocycles. The average molecular weight is 396 g/mol. The van der Waals surface area contributed by atoms with Crippen LogP contribution < -0.4 is 21.3 Å². The van der Waals surface area contributed by atoms with Crippen molar-refractivity contribution in [3.63, 3.8) is 0 Å². The van der Waals surface area contributed by atoms with Crippen molar-refractivity contribution >= 4 is 34.8 Å². The molecule has 0 fully saturated rings. The van der Waals surface area contributed by atoms with Gasteiger partial charge in [0.25, 0.3) is 5.91 Å². The molecule has 0 saturated carbocycles. The van der Waals surface area contributed by atoms with Gasteiger partial charge in [0.05, 0.1) is 6.54 Å². The van der Waals surface area contributed by atoms with E-state index in [4.69, 9.17) is 0 Å². The van der Waals surface area contributed by atoms with E-state index in [2.05, 4.69) is 21.3 Å². The van der Waals surface area contributed by atoms with Crippen LogP contribution in [0.5, 0.6) is 0 Å². The molecular weight excluding hydrogens is 368 g/mol. The molecule has 0 saturated heterocycles. The second-order valence-corrected chi connectivity index (χ2v) is 7.67. The number of carbonyl (C=O) groups is 3. The monoisotopic (exact) mass is 396 g/mol. The van der Waals surface area contributed by atoms with Gasteiger partial charge in [-0.3, -0.25) is 14.4 Å². The normalized spacial score (nSPS) is 10.8. The minimum Gasteiger partial charge on any atom is -0.376 e. The molecule has 0 bridgehead atoms. The van der Waals surface area contributed by atoms with Crippen molar-refractivity contribution in [2.24, 2.45) is 0 Å². The van der Waals surface area contributed by atoms with E-state index in [-0.39, 0.29) is 29.8 Å². The molecule has 0 atom stereocenters. The average Bonchev–Trinajstić information content (AvgIpc) is 2.65. The maximum absolute atomic E-state index is 12.3. The van der Waals surface area contributed by atoms with Crippen LogP contribution in [-0.2, 0) is 9.59 Å². The van der Waals surface area contributed by atoms with Crippen LogP contribution in [0.3, 0.4) is 0 Å². The van der Waals surface area contributed by atoms with Crippen LogP contribution in [0.15, 0.2) is 48.5 Å². The fourth-order valence-electron chi connectivity index (χ4n) is 2.49. The van der Waals surface area contributed by atoms with Crippen molar-refractivity contribution in [1.82, 2.24) is 5.32 Å². The van der Waals surface area contributed by atoms with Crippen molar-refractivity contribution in [2.45, 2.75) is 39.7 Å². The van der Waals surface area contributed by atoms with Gasteiger partial charge in [-0.2, -0.15) is 0 Å². The van der Waals surface area contributed by atoms with Gasteiger partial charge in [0.2, 0.25) is 11.8 Å². The van der Waals surface area contributed by atoms with Crippen LogP contribution in [0, 0.1) is 0 Å². The van der Waals surface area contributed by atoms with Gasteiger partial charge in [-0.15, -0.1) is 0 Å². The quantitative estimate of drug-likeness (QED) is 0.574. The SMILES string of the molecule is CCC(=O)Nc1cccc(NCC(=O)Nc2cccc(C(=O)NC(C)(C)C)c2)c1. The Bertz CT molecular complexity index is 888. The molecule has 7 heteroatoms. The largest absolute Gasteiger partial charge is 0.376 e. The smallest absolute Gasteiger partial charge is 0.251 e. The van der Waals surface area contributed by atoms with Gasteiger partial charge in [-0.1, -0.05) is 19.1 Å². The summed E-state index contributed by atoms with van der Waals surface area (Å²) < 4.78 is 0. The third-order valence-electron chi connectivity index (χ3n) is 3.82. The van der Waals surface area contributed by atoms with E-state index in [1.165, 1.54) is 0 Å². The first-order valence-electron chi connectivity index (χ1n) is 9.52. The lowest BCUT2D eigenvalue weighted by Gasteiger charge is -2.20. The summed E-state index contributed by atoms with van der Waals surface area (Å²) in [5.74, 6) is -0.519. The van der Waals surface area contributed by atoms with E-state index >= 15 is 0 Å². The molecule has 3 amide bonds. The van der Waals surface area contributed by atoms with Gasteiger partial charge in [0.1, 0.15) is 0 Å². The zero-order chi connectivity index (χ0) is 21.4. The number of benzene rings is 2. The highest BCUT2D eigenvalue weighted by Gasteiger charge is 2.15. The molecule has 0 aromatic heterocycles. The Morgan fingerprint density at radius 3 is 2.07 bits per heavy atom. The topological polar surface area (TPSA) is 99.3 Å². The Hall–Kier alpha value is -3.35. The standard InChI is InChI=1S/C22H28N4O3/c1-5-19(27)24-18-11-7-9-16(13-18)23-14-20(28)25-17-10-6-8-15(12-17)21(29)26-22(2,3)4/h6-13,23H,5,14H2,1-4H3,(H,24,27)(H,25,28)(H,26,29). The molecule has 0 heterocycles. The lowest BCUT2D eigenvalue weighted by molar-refractivity contribution is -0.116. The molecule has 29 heavy (non-hydrogen) atoms. The van der Waals surface area contributed by atoms with E-state index in [9.17, 15) is 14.4 Å². The van der Waals surface area contributed by atoms with Gasteiger partial charge in [0.15, 0.2) is 0 Å². The molecule has 2 aromatic rings. The van der Waals surface area contributed by atoms with Gasteiger partial charge in [0, 0.05) is 34.6 Å². The van der Waals surface area contributed by atoms with Crippen LogP contribution in [0.1, 0.15) is 44.5 Å². The summed E-state index contributed by atoms with van der Waals surface area (Å²) in [5.41, 5.74) is 2.06. The van der Waals surface area contributed by atoms with Gasteiger partial charge in [-0.05, 0) is 57.2 Å². The first kappa shape index (κ1) is 21.9. The summed E-state index contributed by atoms with van der Waals surface area (Å²) in [6.07, 6.45) is 0.396. The molecule has 2 rings (SSSR count). The fourth-order valence-corrected chi connectivity index (χ4v) is 2.49. The third kappa shape index (κ3) is 7.65. The molecular formula is C22H28N4O3. The zero-order valence-corrected chi connectivity index (χ0v) is 17.3. The molecule has 154 valence electrons. The lowest BCUT2D eigenvalue weighted by Crippen LogP contribution is -2.40. The van der Waals surface area contributed by atoms with Crippen molar-refractivity contribution < 1.29 is 14.4 Å². The van der Waals surface area contributed by atoms with Crippen molar-refractivity contribution in [1.29, 1.82) is 0 Å². The molecule has 0 aliphatic carbocycles. The number of rotatable bonds is 7. The summed E-state index contributed by atoms with van der Waals surface area (Å²) in [6, 6.07) is 13.9. The van der Waals surface area contributed by atoms with E-state index in [0.29, 0.717) is 29.0 Å². The second-order valence-electron chi connectivity index (χ2n) is 7.67. The molecule has 0 spiro atoms. The molecule has 7 nitrogen and oxygen atoms in total. The lowest BCUT2D eigenvalue weighted by atomic mass is 10.1. The van der Waals surface area contributed by atoms with Crippen LogP contribution in [0.2, 0.25) is 0 Å². The van der Waals surface area contributed by atoms with Crippen LogP contribution >= 0.6 is 0 Å². The minimum absolute atomic E-state index is 0.0452. The number of amides is 3. The van der Waals surface area contributed by atoms with Crippen molar-refractivity contribution in [2.75, 3.05) is 22.5 Å². The predicted octanol–water partition coefficient (Wildman–Crippen LogP) is 3.61. The zero-order valence-electron chi connectivity index (χ0n) is 17.3. The van der Waals surface area contributed by atoms with E-state index in [0.717, 1.165) is 0 Å². The van der Waals surface area contributed by atoms with Crippen LogP contribution in [-0.4, -0.2) is 29.8 Å². The van der Waals surface area contributed by atoms with Gasteiger partial charge >= 0.3 is 0 Å². The van der Waals surface area contributed by atoms with Gasteiger partial charge < -0.3 is 21.3 Å². The molecule has 4 N–H and O–H groups in total. The van der Waals surface area contributed by atoms with E-state index in [1.807, 2.05) is 26.8 Å². The molecule has 0 unspecified atom stereocenters. The second kappa shape index (κ2) is 9.73. The fraction of sp³-hybridized carbons (Fsp3) is 0.318. The Labute approximate surface area is 171 Å². The summed E-state index contributed by atoms with van der Waals surface area (Å²) >= 11 is 0. The number of carbonyl (C=O) groups excluding carboxylic acids is 3. The number of anilines is 3. The predicted molar refractivity (Wildman–Crippen MR) is 116 cm³/mol. The first-order chi connectivity index (χ1) is 13.7. The van der Waals surface area contributed by atoms with Gasteiger partial charge in [-0.25, -0.2) is 0 Å². The first-order valence-corrected chi connectivity index (χ1v) is 9.52. The summed E-state index contributed by atoms with van der Waals surface area (Å²) in [4.78, 5) is 36.0. The highest BCUT2D eigenvalue weighted by Crippen LogP contribution is 2.16. The van der Waals surface area contributed by atoms with Crippen LogP contribution in [0.4, 0.5) is 17.1 Å².